The zero-order chi connectivity index (χ0) is 23.8. The Morgan fingerprint density at radius 3 is 2.45 bits per heavy atom. The van der Waals surface area contributed by atoms with Gasteiger partial charge in [0.15, 0.2) is 5.65 Å². The number of aromatic nitrogens is 3. The molecule has 0 saturated heterocycles. The molecule has 5 nitrogen and oxygen atoms in total. The van der Waals surface area contributed by atoms with E-state index in [0.29, 0.717) is 5.56 Å². The molecule has 33 heavy (non-hydrogen) atoms. The Labute approximate surface area is 184 Å². The molecule has 170 valence electrons. The lowest BCUT2D eigenvalue weighted by molar-refractivity contribution is -0.138. The highest BCUT2D eigenvalue weighted by Gasteiger charge is 2.33. The van der Waals surface area contributed by atoms with Crippen molar-refractivity contribution in [3.63, 3.8) is 0 Å². The van der Waals surface area contributed by atoms with Gasteiger partial charge in [0, 0.05) is 12.1 Å². The van der Waals surface area contributed by atoms with Crippen LogP contribution in [0.1, 0.15) is 39.2 Å². The molecule has 0 unspecified atom stereocenters. The monoisotopic (exact) mass is 460 g/mol. The molecule has 0 radical (unpaired) electrons. The number of alkyl halides is 5. The molecule has 0 bridgehead atoms. The van der Waals surface area contributed by atoms with E-state index in [1.54, 1.807) is 24.3 Å². The number of benzene rings is 2. The molecule has 0 atom stereocenters. The summed E-state index contributed by atoms with van der Waals surface area (Å²) in [6, 6.07) is 13.1. The highest BCUT2D eigenvalue weighted by atomic mass is 19.4. The standard InChI is InChI=1S/C23H17F5N4O/c1-13-6-8-14(9-7-13)18-10-19(20(24)25)32-21(31-18)16(12-30-32)22(33)29-11-15-4-2-3-5-17(15)23(26,27)28/h2-10,12,20H,11H2,1H3,(H,29,33). The lowest BCUT2D eigenvalue weighted by Crippen LogP contribution is -2.24. The van der Waals surface area contributed by atoms with Crippen LogP contribution in [0.3, 0.4) is 0 Å². The number of hydrogen-bond acceptors (Lipinski definition) is 3. The summed E-state index contributed by atoms with van der Waals surface area (Å²) >= 11 is 0. The van der Waals surface area contributed by atoms with E-state index < -0.39 is 36.3 Å². The fourth-order valence-corrected chi connectivity index (χ4v) is 3.40. The average molecular weight is 460 g/mol. The summed E-state index contributed by atoms with van der Waals surface area (Å²) in [4.78, 5) is 17.1. The van der Waals surface area contributed by atoms with Gasteiger partial charge in [-0.25, -0.2) is 18.3 Å². The molecule has 0 fully saturated rings. The molecule has 2 heterocycles. The number of nitrogens with one attached hydrogen (secondary N) is 1. The minimum Gasteiger partial charge on any atom is -0.348 e. The molecule has 0 aliphatic carbocycles. The molecule has 4 rings (SSSR count). The molecule has 1 amide bonds. The first-order valence-corrected chi connectivity index (χ1v) is 9.82. The minimum atomic E-state index is -4.58. The Kier molecular flexibility index (Phi) is 5.84. The fraction of sp³-hybridized carbons (Fsp3) is 0.174. The van der Waals surface area contributed by atoms with Crippen molar-refractivity contribution >= 4 is 11.6 Å². The molecule has 0 aliphatic rings. The summed E-state index contributed by atoms with van der Waals surface area (Å²) in [7, 11) is 0. The normalized spacial score (nSPS) is 11.8. The SMILES string of the molecule is Cc1ccc(-c2cc(C(F)F)n3ncc(C(=O)NCc4ccccc4C(F)(F)F)c3n2)cc1. The molecule has 4 aromatic rings. The number of carbonyl (C=O) groups is 1. The molecular formula is C23H17F5N4O. The second kappa shape index (κ2) is 8.61. The summed E-state index contributed by atoms with van der Waals surface area (Å²) in [5.74, 6) is -0.782. The number of hydrogen-bond donors (Lipinski definition) is 1. The van der Waals surface area contributed by atoms with Crippen LogP contribution < -0.4 is 5.32 Å². The number of amides is 1. The summed E-state index contributed by atoms with van der Waals surface area (Å²) in [5.41, 5.74) is 0.0441. The Morgan fingerprint density at radius 1 is 1.09 bits per heavy atom. The van der Waals surface area contributed by atoms with Crippen molar-refractivity contribution in [2.75, 3.05) is 0 Å². The van der Waals surface area contributed by atoms with Gasteiger partial charge in [0.1, 0.15) is 11.3 Å². The van der Waals surface area contributed by atoms with Crippen molar-refractivity contribution in [1.29, 1.82) is 0 Å². The minimum absolute atomic E-state index is 0.120. The molecule has 0 saturated carbocycles. The van der Waals surface area contributed by atoms with Crippen LogP contribution >= 0.6 is 0 Å². The molecule has 1 N–H and O–H groups in total. The lowest BCUT2D eigenvalue weighted by atomic mass is 10.1. The topological polar surface area (TPSA) is 59.3 Å². The van der Waals surface area contributed by atoms with E-state index in [4.69, 9.17) is 0 Å². The summed E-state index contributed by atoms with van der Waals surface area (Å²) in [6.07, 6.45) is -6.41. The maximum Gasteiger partial charge on any atom is 0.416 e. The van der Waals surface area contributed by atoms with Crippen LogP contribution in [0.2, 0.25) is 0 Å². The van der Waals surface area contributed by atoms with E-state index in [1.165, 1.54) is 24.3 Å². The third kappa shape index (κ3) is 4.55. The van der Waals surface area contributed by atoms with Crippen LogP contribution in [-0.2, 0) is 12.7 Å². The van der Waals surface area contributed by atoms with Gasteiger partial charge in [0.2, 0.25) is 0 Å². The van der Waals surface area contributed by atoms with Gasteiger partial charge in [-0.1, -0.05) is 48.0 Å². The first-order valence-electron chi connectivity index (χ1n) is 9.82. The van der Waals surface area contributed by atoms with Crippen LogP contribution in [0.4, 0.5) is 22.0 Å². The van der Waals surface area contributed by atoms with E-state index in [9.17, 15) is 26.7 Å². The molecule has 0 aliphatic heterocycles. The number of carbonyl (C=O) groups excluding carboxylic acids is 1. The fourth-order valence-electron chi connectivity index (χ4n) is 3.40. The van der Waals surface area contributed by atoms with Crippen molar-refractivity contribution < 1.29 is 26.7 Å². The highest BCUT2D eigenvalue weighted by molar-refractivity contribution is 5.99. The number of fused-ring (bicyclic) bond motifs is 1. The first-order chi connectivity index (χ1) is 15.6. The Balaban J connectivity index is 1.70. The zero-order valence-corrected chi connectivity index (χ0v) is 17.2. The maximum absolute atomic E-state index is 13.7. The molecule has 10 heteroatoms. The van der Waals surface area contributed by atoms with Gasteiger partial charge < -0.3 is 5.32 Å². The highest BCUT2D eigenvalue weighted by Crippen LogP contribution is 2.32. The van der Waals surface area contributed by atoms with Gasteiger partial charge in [0.05, 0.1) is 17.5 Å². The molecule has 0 spiro atoms. The van der Waals surface area contributed by atoms with Crippen LogP contribution in [0.25, 0.3) is 16.9 Å². The quantitative estimate of drug-likeness (QED) is 0.395. The summed E-state index contributed by atoms with van der Waals surface area (Å²) < 4.78 is 67.9. The molecule has 2 aromatic heterocycles. The van der Waals surface area contributed by atoms with Gasteiger partial charge in [0.25, 0.3) is 12.3 Å². The largest absolute Gasteiger partial charge is 0.416 e. The van der Waals surface area contributed by atoms with Crippen LogP contribution in [-0.4, -0.2) is 20.5 Å². The smallest absolute Gasteiger partial charge is 0.348 e. The third-order valence-electron chi connectivity index (χ3n) is 5.08. The van der Waals surface area contributed by atoms with E-state index in [0.717, 1.165) is 22.3 Å². The van der Waals surface area contributed by atoms with Crippen molar-refractivity contribution in [3.05, 3.63) is 88.7 Å². The van der Waals surface area contributed by atoms with E-state index in [-0.39, 0.29) is 22.5 Å². The summed E-state index contributed by atoms with van der Waals surface area (Å²) in [6.45, 7) is 1.46. The Bertz CT molecular complexity index is 1310. The van der Waals surface area contributed by atoms with Crippen molar-refractivity contribution in [1.82, 2.24) is 19.9 Å². The van der Waals surface area contributed by atoms with E-state index in [2.05, 4.69) is 15.4 Å². The molecular weight excluding hydrogens is 443 g/mol. The maximum atomic E-state index is 13.7. The van der Waals surface area contributed by atoms with Crippen molar-refractivity contribution in [3.8, 4) is 11.3 Å². The Hall–Kier alpha value is -3.82. The predicted octanol–water partition coefficient (Wildman–Crippen LogP) is 5.59. The number of rotatable bonds is 5. The number of nitrogens with zero attached hydrogens (tertiary/aromatic N) is 3. The van der Waals surface area contributed by atoms with E-state index >= 15 is 0 Å². The van der Waals surface area contributed by atoms with Gasteiger partial charge >= 0.3 is 6.18 Å². The van der Waals surface area contributed by atoms with Crippen LogP contribution in [0.15, 0.2) is 60.8 Å². The zero-order valence-electron chi connectivity index (χ0n) is 17.2. The number of aryl methyl sites for hydroxylation is 1. The average Bonchev–Trinajstić information content (AvgIpc) is 3.21. The first kappa shape index (κ1) is 22.4. The summed E-state index contributed by atoms with van der Waals surface area (Å²) in [5, 5.41) is 6.26. The third-order valence-corrected chi connectivity index (χ3v) is 5.08. The second-order valence-electron chi connectivity index (χ2n) is 7.36. The lowest BCUT2D eigenvalue weighted by Gasteiger charge is -2.13. The number of halogens is 5. The van der Waals surface area contributed by atoms with Gasteiger partial charge in [-0.2, -0.15) is 18.3 Å². The van der Waals surface area contributed by atoms with Crippen LogP contribution in [0.5, 0.6) is 0 Å². The van der Waals surface area contributed by atoms with Gasteiger partial charge in [-0.05, 0) is 24.6 Å². The van der Waals surface area contributed by atoms with Crippen LogP contribution in [0, 0.1) is 6.92 Å². The van der Waals surface area contributed by atoms with Gasteiger partial charge in [-0.3, -0.25) is 4.79 Å². The molecule has 2 aromatic carbocycles. The Morgan fingerprint density at radius 2 is 1.79 bits per heavy atom. The second-order valence-corrected chi connectivity index (χ2v) is 7.36. The van der Waals surface area contributed by atoms with Crippen molar-refractivity contribution in [2.24, 2.45) is 0 Å². The van der Waals surface area contributed by atoms with Gasteiger partial charge in [-0.15, -0.1) is 0 Å². The predicted molar refractivity (Wildman–Crippen MR) is 111 cm³/mol. The van der Waals surface area contributed by atoms with Crippen molar-refractivity contribution in [2.45, 2.75) is 26.1 Å². The van der Waals surface area contributed by atoms with E-state index in [1.807, 2.05) is 6.92 Å².